The zero-order valence-electron chi connectivity index (χ0n) is 70.1. The summed E-state index contributed by atoms with van der Waals surface area (Å²) in [5.41, 5.74) is 22.3. The summed E-state index contributed by atoms with van der Waals surface area (Å²) in [6, 6.07) is 75.5. The van der Waals surface area contributed by atoms with Gasteiger partial charge in [0.05, 0.1) is 16.7 Å². The van der Waals surface area contributed by atoms with E-state index in [1.165, 1.54) is 103 Å². The minimum Gasteiger partial charge on any atom is -0.440 e. The maximum absolute atomic E-state index is 13.8. The van der Waals surface area contributed by atoms with E-state index in [1.807, 2.05) is 54.6 Å². The number of benzene rings is 9. The average Bonchev–Trinajstić information content (AvgIpc) is 1.54. The maximum atomic E-state index is 13.8. The van der Waals surface area contributed by atoms with Gasteiger partial charge in [0.15, 0.2) is 16.8 Å². The summed E-state index contributed by atoms with van der Waals surface area (Å²) in [5, 5.41) is 6.88. The first-order valence-electron chi connectivity index (χ1n) is 43.1. The summed E-state index contributed by atoms with van der Waals surface area (Å²) in [6.45, 7) is 32.0. The molecule has 0 N–H and O–H groups in total. The number of carbonyl (C=O) groups excluding carboxylic acids is 3. The molecule has 12 nitrogen and oxygen atoms in total. The normalized spacial score (nSPS) is 15.2. The molecule has 116 heavy (non-hydrogen) atoms. The van der Waals surface area contributed by atoms with Gasteiger partial charge in [-0.1, -0.05) is 256 Å². The van der Waals surface area contributed by atoms with Crippen molar-refractivity contribution in [2.24, 2.45) is 0 Å². The van der Waals surface area contributed by atoms with E-state index in [2.05, 4.69) is 274 Å². The lowest BCUT2D eigenvalue weighted by molar-refractivity contribution is 0.0246. The van der Waals surface area contributed by atoms with Crippen LogP contribution >= 0.6 is 0 Å². The van der Waals surface area contributed by atoms with Gasteiger partial charge in [0.25, 0.3) is 0 Å². The Hall–Kier alpha value is -11.4. The summed E-state index contributed by atoms with van der Waals surface area (Å²) < 4.78 is 34.7. The molecule has 1 atom stereocenters. The van der Waals surface area contributed by atoms with Gasteiger partial charge < -0.3 is 41.6 Å². The highest BCUT2D eigenvalue weighted by atomic mass is 16.6. The Bertz CT molecular complexity index is 6050. The molecule has 0 saturated heterocycles. The van der Waals surface area contributed by atoms with Crippen LogP contribution in [0.5, 0.6) is 0 Å². The standard InChI is InChI=1S/C38H44N2O2.C36H40N2O2.C30H28N2O2/c1-5-7-9-10-11-18-26-40-28(4)36(31-21-14-17-24-34(31)40)38(32-22-15-12-19-29(32)37(41)42-38)35-27(3)39(25-8-6-2)33-23-16-13-20-30(33)35;1-5-7-15-23-37-25(3)33(28-18-10-13-21-31(28)37)36(30-20-12-9-17-27(30)35(39)40-36)34-26(4)38(24-16-8-6-2)32-22-14-11-19-29(32)34;1-5-31-19(3)27(22-14-8-11-17-25(22)31)30(24-16-10-7-13-21(24)29(33)34-30)28-20(4)32(6-2)26-18-12-9-15-23(26)28/h12-17,19-24H,5-11,18,25-26H2,1-4H3;9-14,17-22H,5-8,15-16,23-24H2,1-4H3;7-18H,5-6H2,1-4H3. The number of nitrogens with zero attached hydrogens (tertiary/aromatic N) is 6. The number of para-hydroxylation sites is 6. The number of fused-ring (bicyclic) bond motifs is 9. The third kappa shape index (κ3) is 12.5. The fraction of sp³-hybridized carbons (Fsp3) is 0.337. The lowest BCUT2D eigenvalue weighted by atomic mass is 9.77. The Morgan fingerprint density at radius 3 is 0.698 bits per heavy atom. The number of aromatic nitrogens is 6. The number of unbranched alkanes of at least 4 members (excludes halogenated alkanes) is 10. The van der Waals surface area contributed by atoms with Gasteiger partial charge in [-0.2, -0.15) is 0 Å². The van der Waals surface area contributed by atoms with E-state index in [9.17, 15) is 14.4 Å². The van der Waals surface area contributed by atoms with Gasteiger partial charge in [-0.3, -0.25) is 0 Å². The fourth-order valence-electron chi connectivity index (χ4n) is 20.8. The summed E-state index contributed by atoms with van der Waals surface area (Å²) in [5.74, 6) is -0.765. The first-order valence-corrected chi connectivity index (χ1v) is 43.1. The third-order valence-corrected chi connectivity index (χ3v) is 25.9. The second-order valence-corrected chi connectivity index (χ2v) is 32.3. The van der Waals surface area contributed by atoms with Crippen molar-refractivity contribution in [3.8, 4) is 0 Å². The summed E-state index contributed by atoms with van der Waals surface area (Å²) in [6.07, 6.45) is 16.7. The zero-order chi connectivity index (χ0) is 80.7. The minimum absolute atomic E-state index is 0.248. The van der Waals surface area contributed by atoms with Crippen LogP contribution in [0.3, 0.4) is 0 Å². The van der Waals surface area contributed by atoms with E-state index in [1.54, 1.807) is 0 Å². The summed E-state index contributed by atoms with van der Waals surface area (Å²) >= 11 is 0. The maximum Gasteiger partial charge on any atom is 0.340 e. The van der Waals surface area contributed by atoms with Gasteiger partial charge >= 0.3 is 17.9 Å². The van der Waals surface area contributed by atoms with Crippen LogP contribution in [0.25, 0.3) is 65.4 Å². The molecule has 9 heterocycles. The van der Waals surface area contributed by atoms with Gasteiger partial charge in [-0.25, -0.2) is 14.4 Å². The number of rotatable bonds is 26. The number of hydrogen-bond acceptors (Lipinski definition) is 6. The summed E-state index contributed by atoms with van der Waals surface area (Å²) in [7, 11) is 0. The predicted molar refractivity (Wildman–Crippen MR) is 474 cm³/mol. The molecule has 0 bridgehead atoms. The largest absolute Gasteiger partial charge is 0.440 e. The molecule has 0 spiro atoms. The predicted octanol–water partition coefficient (Wildman–Crippen LogP) is 25.6. The number of aryl methyl sites for hydroxylation is 6. The SMILES string of the molecule is CCCCCCCCn1c(C)c(C2(c3c(C)n(CCCC)c4ccccc34)OC(=O)c3ccccc32)c2ccccc21.CCCCCn1c(C)c(C2(c3c(C)n(CCCCC)c4ccccc34)OC(=O)c3ccccc32)c2ccccc21.CCn1c(C)c(C2(c3c(C)n(CC)c4ccccc34)OC(=O)c3ccccc32)c2ccccc21. The van der Waals surface area contributed by atoms with Crippen LogP contribution in [-0.4, -0.2) is 45.3 Å². The van der Waals surface area contributed by atoms with E-state index >= 15 is 0 Å². The first-order chi connectivity index (χ1) is 56.6. The van der Waals surface area contributed by atoms with Crippen molar-refractivity contribution in [3.63, 3.8) is 0 Å². The molecule has 18 rings (SSSR count). The monoisotopic (exact) mass is 1540 g/mol. The molecule has 0 amide bonds. The van der Waals surface area contributed by atoms with E-state index < -0.39 is 16.8 Å². The fourth-order valence-corrected chi connectivity index (χ4v) is 20.8. The number of hydrogen-bond donors (Lipinski definition) is 0. The molecule has 12 heteroatoms. The van der Waals surface area contributed by atoms with Crippen molar-refractivity contribution in [3.05, 3.63) is 319 Å². The van der Waals surface area contributed by atoms with E-state index in [-0.39, 0.29) is 17.9 Å². The minimum atomic E-state index is -1.04. The molecule has 594 valence electrons. The lowest BCUT2D eigenvalue weighted by Crippen LogP contribution is -2.31. The van der Waals surface area contributed by atoms with E-state index in [4.69, 9.17) is 14.2 Å². The van der Waals surface area contributed by atoms with Gasteiger partial charge in [0, 0.05) is 189 Å². The summed E-state index contributed by atoms with van der Waals surface area (Å²) in [4.78, 5) is 40.9. The molecule has 3 aliphatic heterocycles. The Morgan fingerprint density at radius 2 is 0.431 bits per heavy atom. The van der Waals surface area contributed by atoms with Crippen molar-refractivity contribution in [1.82, 2.24) is 27.4 Å². The first kappa shape index (κ1) is 78.5. The molecule has 1 unspecified atom stereocenters. The Kier molecular flexibility index (Phi) is 22.2. The highest BCUT2D eigenvalue weighted by Crippen LogP contribution is 2.58. The number of cyclic esters (lactones) is 3. The van der Waals surface area contributed by atoms with E-state index in [0.717, 1.165) is 176 Å². The highest BCUT2D eigenvalue weighted by molar-refractivity contribution is 6.05. The number of carbonyl (C=O) groups is 3. The van der Waals surface area contributed by atoms with Crippen molar-refractivity contribution in [2.45, 2.75) is 229 Å². The van der Waals surface area contributed by atoms with Crippen molar-refractivity contribution in [2.75, 3.05) is 0 Å². The quantitative estimate of drug-likeness (QED) is 0.0304. The van der Waals surface area contributed by atoms with Crippen molar-refractivity contribution in [1.29, 1.82) is 0 Å². The van der Waals surface area contributed by atoms with Crippen LogP contribution in [0.1, 0.15) is 247 Å². The zero-order valence-corrected chi connectivity index (χ0v) is 70.1. The second-order valence-electron chi connectivity index (χ2n) is 32.3. The van der Waals surface area contributed by atoms with Gasteiger partial charge in [-0.05, 0) is 136 Å². The molecule has 0 fully saturated rings. The molecular formula is C104H112N6O6. The average molecular weight is 1540 g/mol. The number of ether oxygens (including phenoxy) is 3. The van der Waals surface area contributed by atoms with Crippen LogP contribution in [0.15, 0.2) is 218 Å². The van der Waals surface area contributed by atoms with Crippen molar-refractivity contribution >= 4 is 83.3 Å². The topological polar surface area (TPSA) is 108 Å². The number of esters is 3. The van der Waals surface area contributed by atoms with Crippen LogP contribution in [0.4, 0.5) is 0 Å². The van der Waals surface area contributed by atoms with Crippen LogP contribution in [0.2, 0.25) is 0 Å². The van der Waals surface area contributed by atoms with Crippen LogP contribution in [0, 0.1) is 41.5 Å². The Labute approximate surface area is 683 Å². The van der Waals surface area contributed by atoms with Crippen LogP contribution in [-0.2, 0) is 70.3 Å². The molecule has 15 aromatic rings. The molecule has 3 aliphatic rings. The Balaban J connectivity index is 0.000000131. The van der Waals surface area contributed by atoms with Crippen molar-refractivity contribution < 1.29 is 28.6 Å². The highest BCUT2D eigenvalue weighted by Gasteiger charge is 2.57. The van der Waals surface area contributed by atoms with Crippen LogP contribution < -0.4 is 0 Å². The van der Waals surface area contributed by atoms with Gasteiger partial charge in [0.2, 0.25) is 0 Å². The molecule has 0 aliphatic carbocycles. The molecule has 9 aromatic carbocycles. The third-order valence-electron chi connectivity index (χ3n) is 25.9. The lowest BCUT2D eigenvalue weighted by Gasteiger charge is -2.31. The van der Waals surface area contributed by atoms with E-state index in [0.29, 0.717) is 16.7 Å². The van der Waals surface area contributed by atoms with Gasteiger partial charge in [0.1, 0.15) is 0 Å². The molecular weight excluding hydrogens is 1430 g/mol. The molecule has 0 saturated carbocycles. The second kappa shape index (κ2) is 32.7. The molecule has 6 aromatic heterocycles. The Morgan fingerprint density at radius 1 is 0.233 bits per heavy atom. The smallest absolute Gasteiger partial charge is 0.340 e. The van der Waals surface area contributed by atoms with Gasteiger partial charge in [-0.15, -0.1) is 0 Å². The molecule has 0 radical (unpaired) electrons.